The molecule has 10 nitrogen and oxygen atoms in total. The number of benzene rings is 1. The van der Waals surface area contributed by atoms with Gasteiger partial charge in [0, 0.05) is 25.1 Å². The van der Waals surface area contributed by atoms with E-state index in [1.165, 1.54) is 29.5 Å². The number of aromatic nitrogens is 2. The second kappa shape index (κ2) is 8.86. The lowest BCUT2D eigenvalue weighted by Crippen LogP contribution is -2.29. The fourth-order valence-corrected chi connectivity index (χ4v) is 4.73. The second-order valence-corrected chi connectivity index (χ2v) is 9.37. The lowest BCUT2D eigenvalue weighted by Gasteiger charge is -2.10. The van der Waals surface area contributed by atoms with Crippen LogP contribution in [0.2, 0.25) is 0 Å². The molecule has 0 unspecified atom stereocenters. The molecule has 4 rings (SSSR count). The Bertz CT molecular complexity index is 1280. The Balaban J connectivity index is 1.38. The third kappa shape index (κ3) is 5.09. The number of amidine groups is 1. The first-order valence-corrected chi connectivity index (χ1v) is 11.8. The van der Waals surface area contributed by atoms with E-state index in [9.17, 15) is 18.0 Å². The molecule has 1 aliphatic heterocycles. The molecule has 0 spiro atoms. The summed E-state index contributed by atoms with van der Waals surface area (Å²) in [5.74, 6) is -0.396. The maximum atomic E-state index is 12.5. The summed E-state index contributed by atoms with van der Waals surface area (Å²) in [6, 6.07) is 9.53. The van der Waals surface area contributed by atoms with Gasteiger partial charge in [-0.1, -0.05) is 12.1 Å². The highest BCUT2D eigenvalue weighted by atomic mass is 32.2. The Morgan fingerprint density at radius 3 is 2.87 bits per heavy atom. The minimum atomic E-state index is -3.78. The van der Waals surface area contributed by atoms with Crippen LogP contribution in [-0.2, 0) is 21.4 Å². The Hall–Kier alpha value is -3.25. The lowest BCUT2D eigenvalue weighted by atomic mass is 10.3. The lowest BCUT2D eigenvalue weighted by molar-refractivity contribution is -0.116. The van der Waals surface area contributed by atoms with Crippen molar-refractivity contribution >= 4 is 38.8 Å². The Labute approximate surface area is 181 Å². The van der Waals surface area contributed by atoms with Crippen molar-refractivity contribution in [3.63, 3.8) is 0 Å². The zero-order chi connectivity index (χ0) is 21.8. The van der Waals surface area contributed by atoms with E-state index in [-0.39, 0.29) is 23.8 Å². The highest BCUT2D eigenvalue weighted by molar-refractivity contribution is 7.90. The number of carbonyl (C=O) groups is 1. The number of aryl methyl sites for hydroxylation is 1. The number of aliphatic imine (C=N–C) groups is 1. The SMILES string of the molecule is O=C(CCn1nc(-c2cccs2)oc1=O)Nc1cccc(S(=O)(=O)NC2=NCCC2)c1. The standard InChI is InChI=1S/C19H19N5O5S2/c25-17(8-10-24-19(26)29-18(22-24)15-6-3-11-30-15)21-13-4-1-5-14(12-13)31(27,28)23-16-7-2-9-20-16/h1,3-6,11-12H,2,7-10H2,(H,20,23)(H,21,25). The quantitative estimate of drug-likeness (QED) is 0.553. The molecule has 3 heterocycles. The molecule has 1 amide bonds. The Morgan fingerprint density at radius 2 is 2.13 bits per heavy atom. The van der Waals surface area contributed by atoms with Gasteiger partial charge in [-0.15, -0.1) is 16.4 Å². The molecule has 162 valence electrons. The summed E-state index contributed by atoms with van der Waals surface area (Å²) in [5, 5.41) is 8.57. The molecule has 3 aromatic rings. The Kier molecular flexibility index (Phi) is 6.00. The molecule has 2 N–H and O–H groups in total. The Morgan fingerprint density at radius 1 is 1.26 bits per heavy atom. The molecule has 12 heteroatoms. The van der Waals surface area contributed by atoms with E-state index in [2.05, 4.69) is 20.1 Å². The predicted octanol–water partition coefficient (Wildman–Crippen LogP) is 2.06. The van der Waals surface area contributed by atoms with Gasteiger partial charge in [0.25, 0.3) is 15.9 Å². The average Bonchev–Trinajstić information content (AvgIpc) is 3.49. The molecule has 0 fully saturated rings. The number of hydrogen-bond acceptors (Lipinski definition) is 8. The molecular weight excluding hydrogens is 442 g/mol. The normalized spacial score (nSPS) is 13.7. The highest BCUT2D eigenvalue weighted by Gasteiger charge is 2.19. The third-order valence-corrected chi connectivity index (χ3v) is 6.68. The van der Waals surface area contributed by atoms with Gasteiger partial charge in [0.1, 0.15) is 5.84 Å². The van der Waals surface area contributed by atoms with Crippen LogP contribution in [0.5, 0.6) is 0 Å². The van der Waals surface area contributed by atoms with Gasteiger partial charge in [0.2, 0.25) is 5.91 Å². The topological polar surface area (TPSA) is 136 Å². The molecule has 0 bridgehead atoms. The molecule has 1 aliphatic rings. The van der Waals surface area contributed by atoms with Gasteiger partial charge in [-0.05, 0) is 36.1 Å². The van der Waals surface area contributed by atoms with Crippen LogP contribution in [-0.4, -0.2) is 36.5 Å². The van der Waals surface area contributed by atoms with E-state index in [1.807, 2.05) is 11.4 Å². The predicted molar refractivity (Wildman–Crippen MR) is 116 cm³/mol. The maximum Gasteiger partial charge on any atom is 0.437 e. The van der Waals surface area contributed by atoms with Gasteiger partial charge in [-0.25, -0.2) is 13.2 Å². The van der Waals surface area contributed by atoms with E-state index in [0.29, 0.717) is 24.5 Å². The van der Waals surface area contributed by atoms with Gasteiger partial charge in [0.05, 0.1) is 16.3 Å². The van der Waals surface area contributed by atoms with Crippen molar-refractivity contribution in [3.8, 4) is 10.8 Å². The number of anilines is 1. The van der Waals surface area contributed by atoms with E-state index >= 15 is 0 Å². The summed E-state index contributed by atoms with van der Waals surface area (Å²) in [4.78, 5) is 29.1. The number of sulfonamides is 1. The van der Waals surface area contributed by atoms with Crippen molar-refractivity contribution in [2.75, 3.05) is 11.9 Å². The molecule has 2 aromatic heterocycles. The average molecular weight is 462 g/mol. The monoisotopic (exact) mass is 461 g/mol. The van der Waals surface area contributed by atoms with Crippen molar-refractivity contribution in [2.45, 2.75) is 30.7 Å². The molecule has 0 saturated carbocycles. The van der Waals surface area contributed by atoms with Crippen LogP contribution in [0.25, 0.3) is 10.8 Å². The van der Waals surface area contributed by atoms with Crippen molar-refractivity contribution in [3.05, 3.63) is 52.3 Å². The van der Waals surface area contributed by atoms with Crippen LogP contribution in [0, 0.1) is 0 Å². The zero-order valence-electron chi connectivity index (χ0n) is 16.3. The second-order valence-electron chi connectivity index (χ2n) is 6.74. The van der Waals surface area contributed by atoms with Crippen LogP contribution in [0.1, 0.15) is 19.3 Å². The molecule has 0 atom stereocenters. The van der Waals surface area contributed by atoms with Crippen molar-refractivity contribution in [1.29, 1.82) is 0 Å². The van der Waals surface area contributed by atoms with Gasteiger partial charge >= 0.3 is 5.76 Å². The number of amides is 1. The fourth-order valence-electron chi connectivity index (χ4n) is 2.96. The van der Waals surface area contributed by atoms with E-state index in [1.54, 1.807) is 12.1 Å². The maximum absolute atomic E-state index is 12.5. The molecule has 0 aliphatic carbocycles. The summed E-state index contributed by atoms with van der Waals surface area (Å²) in [7, 11) is -3.78. The van der Waals surface area contributed by atoms with Crippen molar-refractivity contribution in [1.82, 2.24) is 14.5 Å². The van der Waals surface area contributed by atoms with Crippen molar-refractivity contribution in [2.24, 2.45) is 4.99 Å². The summed E-state index contributed by atoms with van der Waals surface area (Å²) in [5.41, 5.74) is 0.327. The molecular formula is C19H19N5O5S2. The van der Waals surface area contributed by atoms with Gasteiger partial charge in [0.15, 0.2) is 0 Å². The van der Waals surface area contributed by atoms with Gasteiger partial charge < -0.3 is 9.73 Å². The molecule has 0 radical (unpaired) electrons. The first-order chi connectivity index (χ1) is 14.9. The minimum absolute atomic E-state index is 0.0215. The van der Waals surface area contributed by atoms with E-state index in [4.69, 9.17) is 4.42 Å². The van der Waals surface area contributed by atoms with Crippen LogP contribution in [0.4, 0.5) is 5.69 Å². The van der Waals surface area contributed by atoms with Gasteiger partial charge in [-0.2, -0.15) is 4.68 Å². The molecule has 1 aromatic carbocycles. The summed E-state index contributed by atoms with van der Waals surface area (Å²) in [6.07, 6.45) is 1.37. The number of nitrogens with zero attached hydrogens (tertiary/aromatic N) is 3. The number of hydrogen-bond donors (Lipinski definition) is 2. The van der Waals surface area contributed by atoms with Crippen LogP contribution in [0.3, 0.4) is 0 Å². The first kappa shape index (κ1) is 21.0. The fraction of sp³-hybridized carbons (Fsp3) is 0.263. The molecule has 31 heavy (non-hydrogen) atoms. The van der Waals surface area contributed by atoms with E-state index in [0.717, 1.165) is 16.0 Å². The largest absolute Gasteiger partial charge is 0.437 e. The zero-order valence-corrected chi connectivity index (χ0v) is 17.9. The minimum Gasteiger partial charge on any atom is -0.387 e. The number of thiophene rings is 1. The highest BCUT2D eigenvalue weighted by Crippen LogP contribution is 2.21. The van der Waals surface area contributed by atoms with Crippen LogP contribution in [0.15, 0.2) is 60.9 Å². The van der Waals surface area contributed by atoms with Crippen LogP contribution < -0.4 is 15.8 Å². The third-order valence-electron chi connectivity index (χ3n) is 4.44. The number of nitrogens with one attached hydrogen (secondary N) is 2. The van der Waals surface area contributed by atoms with Crippen molar-refractivity contribution < 1.29 is 17.6 Å². The van der Waals surface area contributed by atoms with E-state index < -0.39 is 21.7 Å². The van der Waals surface area contributed by atoms with Crippen LogP contribution >= 0.6 is 11.3 Å². The first-order valence-electron chi connectivity index (χ1n) is 9.48. The summed E-state index contributed by atoms with van der Waals surface area (Å²) in [6.45, 7) is 0.635. The van der Waals surface area contributed by atoms with Gasteiger partial charge in [-0.3, -0.25) is 14.5 Å². The summed E-state index contributed by atoms with van der Waals surface area (Å²) < 4.78 is 33.7. The molecule has 0 saturated heterocycles. The number of rotatable bonds is 7. The summed E-state index contributed by atoms with van der Waals surface area (Å²) >= 11 is 1.39. The number of carbonyl (C=O) groups excluding carboxylic acids is 1. The smallest absolute Gasteiger partial charge is 0.387 e.